The monoisotopic (exact) mass is 254 g/mol. The van der Waals surface area contributed by atoms with E-state index in [0.717, 1.165) is 0 Å². The molecular weight excluding hydrogens is 232 g/mol. The Morgan fingerprint density at radius 3 is 2.72 bits per heavy atom. The van der Waals surface area contributed by atoms with Crippen LogP contribution in [0, 0.1) is 0 Å². The maximum Gasteiger partial charge on any atom is 0.229 e. The zero-order valence-electron chi connectivity index (χ0n) is 11.6. The van der Waals surface area contributed by atoms with Gasteiger partial charge < -0.3 is 14.4 Å². The van der Waals surface area contributed by atoms with Gasteiger partial charge in [-0.3, -0.25) is 0 Å². The Bertz CT molecular complexity index is 411. The molecule has 0 amide bonds. The fourth-order valence-electron chi connectivity index (χ4n) is 2.22. The molecule has 2 unspecified atom stereocenters. The summed E-state index contributed by atoms with van der Waals surface area (Å²) in [6, 6.07) is 0. The van der Waals surface area contributed by atoms with Crippen LogP contribution in [0.2, 0.25) is 0 Å². The van der Waals surface area contributed by atoms with Gasteiger partial charge in [0.2, 0.25) is 5.89 Å². The summed E-state index contributed by atoms with van der Waals surface area (Å²) in [6.07, 6.45) is 1.71. The third-order valence-electron chi connectivity index (χ3n) is 3.26. The van der Waals surface area contributed by atoms with E-state index in [1.54, 1.807) is 0 Å². The summed E-state index contributed by atoms with van der Waals surface area (Å²) in [5, 5.41) is 14.5. The predicted molar refractivity (Wildman–Crippen MR) is 66.3 cm³/mol. The molecule has 1 aromatic rings. The number of rotatable bonds is 2. The van der Waals surface area contributed by atoms with Crippen molar-refractivity contribution in [2.45, 2.75) is 64.1 Å². The minimum absolute atomic E-state index is 0.0776. The highest BCUT2D eigenvalue weighted by Crippen LogP contribution is 2.28. The average Bonchev–Trinajstić information content (AvgIpc) is 2.64. The SMILES string of the molecule is CC1CC(O)(Cc2nc(C(C)(C)C)no2)CCO1. The normalized spacial score (nSPS) is 29.5. The lowest BCUT2D eigenvalue weighted by atomic mass is 9.87. The highest BCUT2D eigenvalue weighted by atomic mass is 16.5. The topological polar surface area (TPSA) is 68.4 Å². The van der Waals surface area contributed by atoms with Crippen LogP contribution in [-0.4, -0.2) is 33.6 Å². The highest BCUT2D eigenvalue weighted by molar-refractivity contribution is 5.02. The second-order valence-electron chi connectivity index (χ2n) is 6.30. The van der Waals surface area contributed by atoms with Crippen molar-refractivity contribution in [2.24, 2.45) is 0 Å². The Balaban J connectivity index is 2.07. The van der Waals surface area contributed by atoms with E-state index in [4.69, 9.17) is 9.26 Å². The van der Waals surface area contributed by atoms with E-state index < -0.39 is 5.60 Å². The summed E-state index contributed by atoms with van der Waals surface area (Å²) >= 11 is 0. The Labute approximate surface area is 108 Å². The van der Waals surface area contributed by atoms with Crippen molar-refractivity contribution in [1.82, 2.24) is 10.1 Å². The molecule has 0 saturated carbocycles. The average molecular weight is 254 g/mol. The standard InChI is InChI=1S/C13H22N2O3/c1-9-7-13(16,5-6-17-9)8-10-14-11(15-18-10)12(2,3)4/h9,16H,5-8H2,1-4H3. The molecule has 0 radical (unpaired) electrons. The Morgan fingerprint density at radius 2 is 2.17 bits per heavy atom. The van der Waals surface area contributed by atoms with E-state index in [2.05, 4.69) is 10.1 Å². The molecule has 1 N–H and O–H groups in total. The van der Waals surface area contributed by atoms with Gasteiger partial charge in [0, 0.05) is 24.9 Å². The number of hydrogen-bond donors (Lipinski definition) is 1. The first-order valence-corrected chi connectivity index (χ1v) is 6.46. The molecule has 0 aliphatic carbocycles. The molecule has 5 nitrogen and oxygen atoms in total. The van der Waals surface area contributed by atoms with Crippen molar-refractivity contribution >= 4 is 0 Å². The molecule has 1 aliphatic heterocycles. The van der Waals surface area contributed by atoms with Crippen molar-refractivity contribution in [2.75, 3.05) is 6.61 Å². The molecule has 0 bridgehead atoms. The number of nitrogens with zero attached hydrogens (tertiary/aromatic N) is 2. The van der Waals surface area contributed by atoms with Gasteiger partial charge in [-0.1, -0.05) is 25.9 Å². The van der Waals surface area contributed by atoms with Gasteiger partial charge in [0.15, 0.2) is 5.82 Å². The molecule has 1 fully saturated rings. The van der Waals surface area contributed by atoms with Gasteiger partial charge >= 0.3 is 0 Å². The van der Waals surface area contributed by atoms with Gasteiger partial charge in [-0.25, -0.2) is 0 Å². The third-order valence-corrected chi connectivity index (χ3v) is 3.26. The fourth-order valence-corrected chi connectivity index (χ4v) is 2.22. The number of aliphatic hydroxyl groups is 1. The van der Waals surface area contributed by atoms with Gasteiger partial charge in [-0.15, -0.1) is 0 Å². The fraction of sp³-hybridized carbons (Fsp3) is 0.846. The Kier molecular flexibility index (Phi) is 3.47. The molecule has 2 rings (SSSR count). The lowest BCUT2D eigenvalue weighted by Crippen LogP contribution is -2.41. The smallest absolute Gasteiger partial charge is 0.229 e. The quantitative estimate of drug-likeness (QED) is 0.872. The van der Waals surface area contributed by atoms with E-state index in [-0.39, 0.29) is 11.5 Å². The number of aromatic nitrogens is 2. The summed E-state index contributed by atoms with van der Waals surface area (Å²) in [6.45, 7) is 8.66. The first kappa shape index (κ1) is 13.5. The first-order chi connectivity index (χ1) is 8.28. The third kappa shape index (κ3) is 3.09. The van der Waals surface area contributed by atoms with Gasteiger partial charge in [-0.05, 0) is 6.92 Å². The minimum Gasteiger partial charge on any atom is -0.389 e. The molecule has 1 aliphatic rings. The molecule has 0 spiro atoms. The maximum atomic E-state index is 10.5. The van der Waals surface area contributed by atoms with Crippen LogP contribution in [0.25, 0.3) is 0 Å². The first-order valence-electron chi connectivity index (χ1n) is 6.46. The summed E-state index contributed by atoms with van der Waals surface area (Å²) < 4.78 is 10.7. The van der Waals surface area contributed by atoms with E-state index in [9.17, 15) is 5.11 Å². The molecule has 102 valence electrons. The second kappa shape index (κ2) is 4.63. The van der Waals surface area contributed by atoms with Crippen molar-refractivity contribution in [3.63, 3.8) is 0 Å². The largest absolute Gasteiger partial charge is 0.389 e. The van der Waals surface area contributed by atoms with E-state index >= 15 is 0 Å². The number of hydrogen-bond acceptors (Lipinski definition) is 5. The number of ether oxygens (including phenoxy) is 1. The van der Waals surface area contributed by atoms with Crippen LogP contribution >= 0.6 is 0 Å². The van der Waals surface area contributed by atoms with Crippen molar-refractivity contribution in [3.8, 4) is 0 Å². The zero-order chi connectivity index (χ0) is 13.4. The Morgan fingerprint density at radius 1 is 1.44 bits per heavy atom. The summed E-state index contributed by atoms with van der Waals surface area (Å²) in [5.41, 5.74) is -0.910. The van der Waals surface area contributed by atoms with Crippen molar-refractivity contribution < 1.29 is 14.4 Å². The molecule has 1 aromatic heterocycles. The van der Waals surface area contributed by atoms with E-state index in [1.807, 2.05) is 27.7 Å². The molecule has 2 heterocycles. The van der Waals surface area contributed by atoms with Crippen LogP contribution in [0.5, 0.6) is 0 Å². The summed E-state index contributed by atoms with van der Waals surface area (Å²) in [5.74, 6) is 1.19. The maximum absolute atomic E-state index is 10.5. The lowest BCUT2D eigenvalue weighted by Gasteiger charge is -2.34. The minimum atomic E-state index is -0.778. The van der Waals surface area contributed by atoms with Gasteiger partial charge in [-0.2, -0.15) is 4.98 Å². The van der Waals surface area contributed by atoms with Gasteiger partial charge in [0.1, 0.15) is 0 Å². The van der Waals surface area contributed by atoms with Crippen LogP contribution in [0.4, 0.5) is 0 Å². The van der Waals surface area contributed by atoms with Gasteiger partial charge in [0.05, 0.1) is 18.1 Å². The summed E-state index contributed by atoms with van der Waals surface area (Å²) in [4.78, 5) is 4.37. The van der Waals surface area contributed by atoms with Crippen LogP contribution < -0.4 is 0 Å². The van der Waals surface area contributed by atoms with E-state index in [1.165, 1.54) is 0 Å². The second-order valence-corrected chi connectivity index (χ2v) is 6.30. The molecular formula is C13H22N2O3. The van der Waals surface area contributed by atoms with Gasteiger partial charge in [0.25, 0.3) is 0 Å². The van der Waals surface area contributed by atoms with Crippen molar-refractivity contribution in [3.05, 3.63) is 11.7 Å². The molecule has 2 atom stereocenters. The van der Waals surface area contributed by atoms with E-state index in [0.29, 0.717) is 37.6 Å². The molecule has 18 heavy (non-hydrogen) atoms. The summed E-state index contributed by atoms with van der Waals surface area (Å²) in [7, 11) is 0. The van der Waals surface area contributed by atoms with Crippen LogP contribution in [-0.2, 0) is 16.6 Å². The molecule has 1 saturated heterocycles. The van der Waals surface area contributed by atoms with Crippen molar-refractivity contribution in [1.29, 1.82) is 0 Å². The van der Waals surface area contributed by atoms with Crippen LogP contribution in [0.3, 0.4) is 0 Å². The lowest BCUT2D eigenvalue weighted by molar-refractivity contribution is -0.0987. The van der Waals surface area contributed by atoms with Crippen LogP contribution in [0.15, 0.2) is 4.52 Å². The molecule has 0 aromatic carbocycles. The Hall–Kier alpha value is -0.940. The van der Waals surface area contributed by atoms with Crippen LogP contribution in [0.1, 0.15) is 52.3 Å². The zero-order valence-corrected chi connectivity index (χ0v) is 11.6. The highest BCUT2D eigenvalue weighted by Gasteiger charge is 2.35. The predicted octanol–water partition coefficient (Wildman–Crippen LogP) is 1.84. The molecule has 5 heteroatoms.